The van der Waals surface area contributed by atoms with Gasteiger partial charge in [0.15, 0.2) is 0 Å². The highest BCUT2D eigenvalue weighted by molar-refractivity contribution is 7.12. The number of rotatable bonds is 4. The predicted octanol–water partition coefficient (Wildman–Crippen LogP) is 4.37. The molecule has 1 aromatic carbocycles. The predicted molar refractivity (Wildman–Crippen MR) is 84.7 cm³/mol. The monoisotopic (exact) mass is 307 g/mol. The molecule has 0 saturated carbocycles. The van der Waals surface area contributed by atoms with Gasteiger partial charge in [-0.25, -0.2) is 0 Å². The van der Waals surface area contributed by atoms with Crippen molar-refractivity contribution >= 4 is 40.6 Å². The number of methoxy groups -OCH3 is 1. The summed E-state index contributed by atoms with van der Waals surface area (Å²) in [6, 6.07) is 9.07. The summed E-state index contributed by atoms with van der Waals surface area (Å²) in [6.07, 6.45) is 3.27. The Bertz CT molecular complexity index is 649. The van der Waals surface area contributed by atoms with E-state index in [9.17, 15) is 4.79 Å². The second-order valence-electron chi connectivity index (χ2n) is 4.12. The maximum atomic E-state index is 11.9. The highest BCUT2D eigenvalue weighted by atomic mass is 35.5. The Labute approximate surface area is 126 Å². The lowest BCUT2D eigenvalue weighted by molar-refractivity contribution is -0.111. The van der Waals surface area contributed by atoms with Gasteiger partial charge < -0.3 is 10.1 Å². The molecule has 2 rings (SSSR count). The van der Waals surface area contributed by atoms with Crippen LogP contribution >= 0.6 is 22.9 Å². The zero-order valence-electron chi connectivity index (χ0n) is 11.1. The summed E-state index contributed by atoms with van der Waals surface area (Å²) < 4.78 is 5.17. The van der Waals surface area contributed by atoms with Crippen LogP contribution in [0.4, 0.5) is 5.69 Å². The Kier molecular flexibility index (Phi) is 4.82. The van der Waals surface area contributed by atoms with E-state index in [1.165, 1.54) is 11.0 Å². The lowest BCUT2D eigenvalue weighted by Crippen LogP contribution is -2.08. The minimum Gasteiger partial charge on any atom is -0.495 e. The second-order valence-corrected chi connectivity index (χ2v) is 5.87. The molecular formula is C15H14ClNO2S. The molecule has 0 aliphatic rings. The van der Waals surface area contributed by atoms with Crippen LogP contribution in [0.5, 0.6) is 5.75 Å². The van der Waals surface area contributed by atoms with Crippen LogP contribution in [0.3, 0.4) is 0 Å². The molecule has 1 heterocycles. The molecule has 1 N–H and O–H groups in total. The number of anilines is 1. The van der Waals surface area contributed by atoms with Crippen LogP contribution in [0, 0.1) is 6.92 Å². The summed E-state index contributed by atoms with van der Waals surface area (Å²) in [5.74, 6) is 0.347. The summed E-state index contributed by atoms with van der Waals surface area (Å²) in [4.78, 5) is 14.1. The number of ether oxygens (including phenoxy) is 1. The smallest absolute Gasteiger partial charge is 0.248 e. The van der Waals surface area contributed by atoms with Crippen molar-refractivity contribution in [1.82, 2.24) is 0 Å². The molecule has 0 radical (unpaired) electrons. The van der Waals surface area contributed by atoms with Crippen LogP contribution in [0.1, 0.15) is 9.75 Å². The van der Waals surface area contributed by atoms with Crippen LogP contribution in [-0.2, 0) is 4.79 Å². The van der Waals surface area contributed by atoms with Crippen molar-refractivity contribution in [2.45, 2.75) is 6.92 Å². The maximum absolute atomic E-state index is 11.9. The number of hydrogen-bond acceptors (Lipinski definition) is 3. The van der Waals surface area contributed by atoms with E-state index < -0.39 is 0 Å². The molecule has 104 valence electrons. The molecule has 0 atom stereocenters. The topological polar surface area (TPSA) is 38.3 Å². The van der Waals surface area contributed by atoms with E-state index in [1.54, 1.807) is 42.7 Å². The average molecular weight is 308 g/mol. The van der Waals surface area contributed by atoms with Crippen LogP contribution < -0.4 is 10.1 Å². The largest absolute Gasteiger partial charge is 0.495 e. The quantitative estimate of drug-likeness (QED) is 0.852. The molecule has 1 amide bonds. The summed E-state index contributed by atoms with van der Waals surface area (Å²) >= 11 is 7.54. The van der Waals surface area contributed by atoms with Crippen LogP contribution in [-0.4, -0.2) is 13.0 Å². The van der Waals surface area contributed by atoms with Gasteiger partial charge in [-0.15, -0.1) is 11.3 Å². The van der Waals surface area contributed by atoms with Crippen molar-refractivity contribution < 1.29 is 9.53 Å². The number of hydrogen-bond donors (Lipinski definition) is 1. The summed E-state index contributed by atoms with van der Waals surface area (Å²) in [5.41, 5.74) is 0.553. The molecule has 3 nitrogen and oxygen atoms in total. The van der Waals surface area contributed by atoms with E-state index in [-0.39, 0.29) is 5.91 Å². The van der Waals surface area contributed by atoms with Crippen molar-refractivity contribution in [2.75, 3.05) is 12.4 Å². The number of aryl methyl sites for hydroxylation is 1. The van der Waals surface area contributed by atoms with E-state index in [1.807, 2.05) is 19.1 Å². The second kappa shape index (κ2) is 6.59. The van der Waals surface area contributed by atoms with E-state index >= 15 is 0 Å². The van der Waals surface area contributed by atoms with Crippen molar-refractivity contribution in [2.24, 2.45) is 0 Å². The lowest BCUT2D eigenvalue weighted by Gasteiger charge is -2.08. The molecule has 1 aromatic heterocycles. The van der Waals surface area contributed by atoms with Crippen molar-refractivity contribution in [1.29, 1.82) is 0 Å². The molecular weight excluding hydrogens is 294 g/mol. The van der Waals surface area contributed by atoms with Crippen LogP contribution in [0.25, 0.3) is 6.08 Å². The number of benzene rings is 1. The number of carbonyl (C=O) groups is 1. The molecule has 20 heavy (non-hydrogen) atoms. The molecule has 0 bridgehead atoms. The third kappa shape index (κ3) is 3.85. The third-order valence-corrected chi connectivity index (χ3v) is 3.78. The first kappa shape index (κ1) is 14.6. The minimum atomic E-state index is -0.225. The van der Waals surface area contributed by atoms with Gasteiger partial charge in [-0.2, -0.15) is 0 Å². The Morgan fingerprint density at radius 3 is 2.80 bits per heavy atom. The highest BCUT2D eigenvalue weighted by Crippen LogP contribution is 2.27. The zero-order chi connectivity index (χ0) is 14.5. The Balaban J connectivity index is 2.08. The highest BCUT2D eigenvalue weighted by Gasteiger charge is 2.06. The van der Waals surface area contributed by atoms with Crippen LogP contribution in [0.15, 0.2) is 36.4 Å². The lowest BCUT2D eigenvalue weighted by atomic mass is 10.3. The van der Waals surface area contributed by atoms with Gasteiger partial charge in [0.25, 0.3) is 0 Å². The molecule has 0 aliphatic heterocycles. The summed E-state index contributed by atoms with van der Waals surface area (Å²) in [5, 5.41) is 3.29. The standard InChI is InChI=1S/C15H14ClNO2S/c1-10-3-5-12(20-10)6-8-15(18)17-13-9-11(16)4-7-14(13)19-2/h3-9H,1-2H3,(H,17,18)/b8-6+. The van der Waals surface area contributed by atoms with E-state index in [2.05, 4.69) is 5.32 Å². The molecule has 0 spiro atoms. The molecule has 0 fully saturated rings. The van der Waals surface area contributed by atoms with E-state index in [0.29, 0.717) is 16.5 Å². The first-order valence-electron chi connectivity index (χ1n) is 5.97. The van der Waals surface area contributed by atoms with E-state index in [0.717, 1.165) is 4.88 Å². The fourth-order valence-electron chi connectivity index (χ4n) is 1.65. The first-order valence-corrected chi connectivity index (χ1v) is 7.17. The van der Waals surface area contributed by atoms with E-state index in [4.69, 9.17) is 16.3 Å². The van der Waals surface area contributed by atoms with Gasteiger partial charge >= 0.3 is 0 Å². The van der Waals surface area contributed by atoms with Gasteiger partial charge in [-0.1, -0.05) is 11.6 Å². The number of amides is 1. The van der Waals surface area contributed by atoms with Gasteiger partial charge in [-0.3, -0.25) is 4.79 Å². The molecule has 2 aromatic rings. The number of thiophene rings is 1. The summed E-state index contributed by atoms with van der Waals surface area (Å²) in [6.45, 7) is 2.03. The van der Waals surface area contributed by atoms with Gasteiger partial charge in [0.2, 0.25) is 5.91 Å². The normalized spacial score (nSPS) is 10.8. The van der Waals surface area contributed by atoms with Crippen molar-refractivity contribution in [3.05, 3.63) is 51.2 Å². The number of halogens is 1. The molecule has 0 aliphatic carbocycles. The van der Waals surface area contributed by atoms with Gasteiger partial charge in [-0.05, 0) is 43.3 Å². The van der Waals surface area contributed by atoms with Crippen LogP contribution in [0.2, 0.25) is 5.02 Å². The molecule has 5 heteroatoms. The number of nitrogens with one attached hydrogen (secondary N) is 1. The summed E-state index contributed by atoms with van der Waals surface area (Å²) in [7, 11) is 1.54. The van der Waals surface area contributed by atoms with Crippen molar-refractivity contribution in [3.8, 4) is 5.75 Å². The zero-order valence-corrected chi connectivity index (χ0v) is 12.7. The third-order valence-electron chi connectivity index (χ3n) is 2.58. The first-order chi connectivity index (χ1) is 9.58. The number of carbonyl (C=O) groups excluding carboxylic acids is 1. The Hall–Kier alpha value is -1.78. The fraction of sp³-hybridized carbons (Fsp3) is 0.133. The van der Waals surface area contributed by atoms with Gasteiger partial charge in [0, 0.05) is 20.9 Å². The van der Waals surface area contributed by atoms with Crippen molar-refractivity contribution in [3.63, 3.8) is 0 Å². The minimum absolute atomic E-state index is 0.225. The molecule has 0 unspecified atom stereocenters. The SMILES string of the molecule is COc1ccc(Cl)cc1NC(=O)/C=C/c1ccc(C)s1. The molecule has 0 saturated heterocycles. The maximum Gasteiger partial charge on any atom is 0.248 e. The van der Waals surface area contributed by atoms with Gasteiger partial charge in [0.05, 0.1) is 12.8 Å². The average Bonchev–Trinajstić information content (AvgIpc) is 2.83. The Morgan fingerprint density at radius 2 is 2.15 bits per heavy atom. The fourth-order valence-corrected chi connectivity index (χ4v) is 2.61. The Morgan fingerprint density at radius 1 is 1.35 bits per heavy atom. The van der Waals surface area contributed by atoms with Gasteiger partial charge in [0.1, 0.15) is 5.75 Å².